The number of aromatic hydroxyl groups is 1. The molecule has 7 rings (SSSR count). The van der Waals surface area contributed by atoms with Crippen molar-refractivity contribution in [2.45, 2.75) is 124 Å². The van der Waals surface area contributed by atoms with Gasteiger partial charge in [-0.2, -0.15) is 0 Å². The van der Waals surface area contributed by atoms with E-state index in [-0.39, 0.29) is 48.5 Å². The summed E-state index contributed by atoms with van der Waals surface area (Å²) in [6.45, 7) is 34.2. The predicted octanol–water partition coefficient (Wildman–Crippen LogP) is 14.3. The van der Waals surface area contributed by atoms with Crippen LogP contribution in [0.1, 0.15) is 105 Å². The van der Waals surface area contributed by atoms with Crippen LogP contribution in [-0.2, 0) is 42.7 Å². The van der Waals surface area contributed by atoms with E-state index in [2.05, 4.69) is 210 Å². The second kappa shape index (κ2) is 16.3. The number of phenolic OH excluding ortho intramolecular Hbond substituents is 1. The number of fused-ring (bicyclic) bond motifs is 1. The van der Waals surface area contributed by atoms with Gasteiger partial charge in [0, 0.05) is 44.2 Å². The van der Waals surface area contributed by atoms with E-state index in [1.165, 1.54) is 16.3 Å². The summed E-state index contributed by atoms with van der Waals surface area (Å²) in [6.07, 6.45) is 1.90. The van der Waals surface area contributed by atoms with Crippen molar-refractivity contribution in [3.05, 3.63) is 138 Å². The van der Waals surface area contributed by atoms with Gasteiger partial charge in [0.05, 0.1) is 24.7 Å². The first-order valence-electron chi connectivity index (χ1n) is 21.5. The molecular formula is C55H64N3OPtSi-. The van der Waals surface area contributed by atoms with E-state index in [1.54, 1.807) is 0 Å². The number of aromatic nitrogens is 3. The summed E-state index contributed by atoms with van der Waals surface area (Å²) in [7, 11) is -1.96. The van der Waals surface area contributed by atoms with Crippen molar-refractivity contribution < 1.29 is 26.2 Å². The maximum Gasteiger partial charge on any atom is 0.148 e. The Kier molecular flexibility index (Phi) is 12.3. The number of para-hydroxylation sites is 1. The van der Waals surface area contributed by atoms with Crippen LogP contribution in [-0.4, -0.2) is 27.7 Å². The number of rotatable bonds is 6. The normalized spacial score (nSPS) is 12.8. The third kappa shape index (κ3) is 9.30. The molecule has 0 radical (unpaired) electrons. The van der Waals surface area contributed by atoms with Crippen LogP contribution in [0.25, 0.3) is 61.6 Å². The van der Waals surface area contributed by atoms with E-state index >= 15 is 0 Å². The monoisotopic (exact) mass is 1010 g/mol. The van der Waals surface area contributed by atoms with Gasteiger partial charge in [-0.25, -0.2) is 4.98 Å². The van der Waals surface area contributed by atoms with Crippen LogP contribution >= 0.6 is 0 Å². The fourth-order valence-electron chi connectivity index (χ4n) is 8.02. The Labute approximate surface area is 381 Å². The number of hydrogen-bond donors (Lipinski definition) is 1. The molecule has 0 unspecified atom stereocenters. The molecule has 7 aromatic rings. The predicted molar refractivity (Wildman–Crippen MR) is 259 cm³/mol. The quantitative estimate of drug-likeness (QED) is 0.133. The number of hydrogen-bond acceptors (Lipinski definition) is 3. The van der Waals surface area contributed by atoms with E-state index in [9.17, 15) is 5.11 Å². The molecule has 2 aromatic heterocycles. The molecule has 0 aliphatic rings. The Hall–Kier alpha value is -4.57. The van der Waals surface area contributed by atoms with Gasteiger partial charge in [0.25, 0.3) is 0 Å². The standard InChI is InChI=1S/C55H64N3OSi.Pt/c1-52(2,3)39-24-25-46(48(34-39)60(13,14)15)58-47-23-19-22-42(49(47)57-51(58)43-32-41(54(7,8)9)33-44(50(43)59)55(10,11)12)37-28-38(30-40(29-37)53(4,5)6)45-31-36(26-27-56-45)35-20-17-16-18-21-35;/h16-27,29-34,59H,1-15H3;/q-1;. The Morgan fingerprint density at radius 3 is 1.80 bits per heavy atom. The molecule has 0 aliphatic heterocycles. The van der Waals surface area contributed by atoms with Gasteiger partial charge < -0.3 is 5.11 Å². The van der Waals surface area contributed by atoms with Crippen molar-refractivity contribution >= 4 is 24.3 Å². The van der Waals surface area contributed by atoms with Crippen LogP contribution in [0.3, 0.4) is 0 Å². The molecule has 320 valence electrons. The fourth-order valence-corrected chi connectivity index (χ4v) is 9.58. The first-order chi connectivity index (χ1) is 27.8. The molecule has 6 heteroatoms. The van der Waals surface area contributed by atoms with Gasteiger partial charge in [0.1, 0.15) is 11.6 Å². The first-order valence-corrected chi connectivity index (χ1v) is 25.0. The van der Waals surface area contributed by atoms with E-state index in [1.807, 2.05) is 12.3 Å². The van der Waals surface area contributed by atoms with Crippen LogP contribution in [0.4, 0.5) is 0 Å². The molecule has 0 bridgehead atoms. The number of nitrogens with zero attached hydrogens (tertiary/aromatic N) is 3. The largest absolute Gasteiger partial charge is 0.507 e. The Morgan fingerprint density at radius 1 is 0.574 bits per heavy atom. The topological polar surface area (TPSA) is 50.9 Å². The Morgan fingerprint density at radius 2 is 1.20 bits per heavy atom. The molecule has 0 saturated carbocycles. The summed E-state index contributed by atoms with van der Waals surface area (Å²) in [5.41, 5.74) is 13.7. The SMILES string of the molecule is CC(C)(C)c1cc(-c2cc(-c3ccccc3)ccn2)[c-]c(-c2cccc3c2nc(-c2cc(C(C)(C)C)cc(C(C)(C)C)c2O)n3-c2ccc(C(C)(C)C)cc2[Si](C)(C)C)c1.[Pt]. The summed E-state index contributed by atoms with van der Waals surface area (Å²) in [5.74, 6) is 1.02. The number of imidazole rings is 1. The van der Waals surface area contributed by atoms with Crippen LogP contribution < -0.4 is 5.19 Å². The average molecular weight is 1010 g/mol. The third-order valence-corrected chi connectivity index (χ3v) is 13.8. The fraction of sp³-hybridized carbons (Fsp3) is 0.345. The maximum absolute atomic E-state index is 12.5. The molecule has 0 spiro atoms. The number of phenols is 1. The van der Waals surface area contributed by atoms with Gasteiger partial charge in [-0.05, 0) is 73.4 Å². The first kappa shape index (κ1) is 45.9. The molecule has 4 nitrogen and oxygen atoms in total. The second-order valence-corrected chi connectivity index (χ2v) is 26.9. The van der Waals surface area contributed by atoms with Crippen LogP contribution in [0, 0.1) is 6.07 Å². The second-order valence-electron chi connectivity index (χ2n) is 21.8. The van der Waals surface area contributed by atoms with E-state index < -0.39 is 8.07 Å². The molecule has 2 heterocycles. The smallest absolute Gasteiger partial charge is 0.148 e. The summed E-state index contributed by atoms with van der Waals surface area (Å²) in [5, 5.41) is 13.8. The van der Waals surface area contributed by atoms with Crippen molar-refractivity contribution in [1.82, 2.24) is 14.5 Å². The third-order valence-electron chi connectivity index (χ3n) is 11.8. The van der Waals surface area contributed by atoms with Gasteiger partial charge in [0.2, 0.25) is 0 Å². The molecule has 0 aliphatic carbocycles. The minimum atomic E-state index is -1.96. The molecule has 5 aromatic carbocycles. The minimum Gasteiger partial charge on any atom is -0.507 e. The van der Waals surface area contributed by atoms with Crippen LogP contribution in [0.5, 0.6) is 5.75 Å². The van der Waals surface area contributed by atoms with E-state index in [0.717, 1.165) is 72.7 Å². The van der Waals surface area contributed by atoms with Gasteiger partial charge in [0.15, 0.2) is 0 Å². The molecule has 0 fully saturated rings. The van der Waals surface area contributed by atoms with Crippen LogP contribution in [0.2, 0.25) is 19.6 Å². The van der Waals surface area contributed by atoms with Crippen molar-refractivity contribution in [3.8, 4) is 56.3 Å². The van der Waals surface area contributed by atoms with E-state index in [0.29, 0.717) is 0 Å². The molecule has 1 N–H and O–H groups in total. The number of benzene rings is 5. The molecule has 0 saturated heterocycles. The zero-order valence-electron chi connectivity index (χ0n) is 39.0. The maximum atomic E-state index is 12.5. The Balaban J connectivity index is 0.00000622. The summed E-state index contributed by atoms with van der Waals surface area (Å²) in [6, 6.07) is 41.0. The van der Waals surface area contributed by atoms with Gasteiger partial charge in [-0.3, -0.25) is 9.55 Å². The summed E-state index contributed by atoms with van der Waals surface area (Å²) >= 11 is 0. The molecule has 0 amide bonds. The zero-order chi connectivity index (χ0) is 43.7. The average Bonchev–Trinajstić information content (AvgIpc) is 3.55. The Bertz CT molecular complexity index is 2730. The van der Waals surface area contributed by atoms with Crippen molar-refractivity contribution in [2.75, 3.05) is 0 Å². The summed E-state index contributed by atoms with van der Waals surface area (Å²) < 4.78 is 2.34. The van der Waals surface area contributed by atoms with Crippen molar-refractivity contribution in [2.24, 2.45) is 0 Å². The van der Waals surface area contributed by atoms with E-state index in [4.69, 9.17) is 9.97 Å². The molecule has 61 heavy (non-hydrogen) atoms. The van der Waals surface area contributed by atoms with Crippen LogP contribution in [0.15, 0.2) is 109 Å². The summed E-state index contributed by atoms with van der Waals surface area (Å²) in [4.78, 5) is 10.6. The van der Waals surface area contributed by atoms with Crippen molar-refractivity contribution in [3.63, 3.8) is 0 Å². The molecule has 0 atom stereocenters. The molecular weight excluding hydrogens is 942 g/mol. The number of pyridine rings is 1. The zero-order valence-corrected chi connectivity index (χ0v) is 42.3. The van der Waals surface area contributed by atoms with Gasteiger partial charge in [-0.15, -0.1) is 29.3 Å². The van der Waals surface area contributed by atoms with Crippen molar-refractivity contribution in [1.29, 1.82) is 0 Å². The van der Waals surface area contributed by atoms with Gasteiger partial charge >= 0.3 is 0 Å². The minimum absolute atomic E-state index is 0. The van der Waals surface area contributed by atoms with Gasteiger partial charge in [-0.1, -0.05) is 181 Å².